The Morgan fingerprint density at radius 1 is 1.68 bits per heavy atom. The molecule has 0 aromatic heterocycles. The van der Waals surface area contributed by atoms with Gasteiger partial charge in [0.05, 0.1) is 5.02 Å². The quantitative estimate of drug-likeness (QED) is 0.292. The van der Waals surface area contributed by atoms with E-state index in [9.17, 15) is 14.3 Å². The Morgan fingerprint density at radius 2 is 2.41 bits per heavy atom. The van der Waals surface area contributed by atoms with Crippen LogP contribution in [0.2, 0.25) is 6.43 Å². The van der Waals surface area contributed by atoms with Gasteiger partial charge in [-0.05, 0) is 25.0 Å². The molecule has 1 atom stereocenters. The van der Waals surface area contributed by atoms with Gasteiger partial charge < -0.3 is 21.3 Å². The average molecular weight is 331 g/mol. The first-order chi connectivity index (χ1) is 10.8. The number of nitrogens with two attached hydrogens (primary N) is 1. The van der Waals surface area contributed by atoms with Crippen molar-refractivity contribution in [1.29, 1.82) is 5.40 Å². The molecule has 1 rings (SSSR count). The van der Waals surface area contributed by atoms with E-state index < -0.39 is 17.8 Å². The Kier molecular flexibility index (Phi) is 5.96. The average Bonchev–Trinajstić information content (AvgIpc) is 2.50. The van der Waals surface area contributed by atoms with Gasteiger partial charge in [0.15, 0.2) is 7.37 Å². The van der Waals surface area contributed by atoms with E-state index in [4.69, 9.17) is 23.9 Å². The monoisotopic (exact) mass is 330 g/mol. The summed E-state index contributed by atoms with van der Waals surface area (Å²) < 4.78 is 19.9. The summed E-state index contributed by atoms with van der Waals surface area (Å²) in [7, 11) is 0. The van der Waals surface area contributed by atoms with E-state index in [1.54, 1.807) is 0 Å². The molecular formula is C13H16ClFN4O3. The molecule has 1 aromatic rings. The number of guanidine groups is 1. The number of halogens is 2. The van der Waals surface area contributed by atoms with E-state index in [-0.39, 0.29) is 28.7 Å². The number of hydrogen-bond acceptors (Lipinski definition) is 4. The highest BCUT2D eigenvalue weighted by molar-refractivity contribution is 6.32. The summed E-state index contributed by atoms with van der Waals surface area (Å²) in [6, 6.07) is 0.857. The van der Waals surface area contributed by atoms with Gasteiger partial charge in [0.25, 0.3) is 0 Å². The molecule has 0 aliphatic rings. The Bertz CT molecular complexity index is 627. The molecule has 22 heavy (non-hydrogen) atoms. The van der Waals surface area contributed by atoms with Crippen molar-refractivity contribution in [3.8, 4) is 5.75 Å². The van der Waals surface area contributed by atoms with E-state index in [0.717, 1.165) is 18.3 Å². The number of rotatable bonds is 7. The summed E-state index contributed by atoms with van der Waals surface area (Å²) in [4.78, 5) is 15.0. The fourth-order valence-electron chi connectivity index (χ4n) is 1.63. The third-order valence-corrected chi connectivity index (χ3v) is 2.98. The van der Waals surface area contributed by atoms with Crippen LogP contribution in [0.15, 0.2) is 17.1 Å². The number of nitrogens with one attached hydrogen (secondary N) is 2. The second kappa shape index (κ2) is 8.18. The predicted octanol–water partition coefficient (Wildman–Crippen LogP) is 1.32. The Hall–Kier alpha value is -2.35. The lowest BCUT2D eigenvalue weighted by molar-refractivity contribution is -0.138. The van der Waals surface area contributed by atoms with Crippen LogP contribution in [0.25, 0.3) is 0 Å². The molecule has 0 saturated carbocycles. The zero-order chi connectivity index (χ0) is 17.4. The summed E-state index contributed by atoms with van der Waals surface area (Å²) in [6.07, 6.45) is 1.64. The number of aliphatic imine (C=N–C) groups is 1. The number of aliphatic carboxylic acids is 1. The highest BCUT2D eigenvalue weighted by atomic mass is 35.5. The fraction of sp³-hybridized carbons (Fsp3) is 0.308. The molecule has 0 spiro atoms. The molecular weight excluding hydrogens is 315 g/mol. The number of aromatic hydroxyl groups is 1. The lowest BCUT2D eigenvalue weighted by Gasteiger charge is -2.08. The van der Waals surface area contributed by atoms with Gasteiger partial charge >= 0.3 is 5.97 Å². The van der Waals surface area contributed by atoms with Crippen LogP contribution in [0.5, 0.6) is 5.75 Å². The molecule has 0 amide bonds. The molecule has 6 N–H and O–H groups in total. The molecule has 0 aliphatic heterocycles. The zero-order valence-corrected chi connectivity index (χ0v) is 12.2. The fourth-order valence-corrected chi connectivity index (χ4v) is 1.84. The molecule has 0 heterocycles. The molecule has 0 saturated heterocycles. The highest BCUT2D eigenvalue weighted by Gasteiger charge is 2.15. The maximum Gasteiger partial charge on any atom is 0.328 e. The lowest BCUT2D eigenvalue weighted by atomic mass is 10.1. The van der Waals surface area contributed by atoms with E-state index in [1.807, 2.05) is 0 Å². The van der Waals surface area contributed by atoms with Crippen molar-refractivity contribution >= 4 is 29.7 Å². The Labute approximate surface area is 132 Å². The summed E-state index contributed by atoms with van der Waals surface area (Å²) >= 11 is 5.63. The van der Waals surface area contributed by atoms with Crippen LogP contribution < -0.4 is 11.1 Å². The molecule has 0 unspecified atom stereocenters. The van der Waals surface area contributed by atoms with Gasteiger partial charge in [0.1, 0.15) is 17.6 Å². The second-order valence-corrected chi connectivity index (χ2v) is 4.82. The van der Waals surface area contributed by atoms with Gasteiger partial charge in [-0.1, -0.05) is 11.6 Å². The van der Waals surface area contributed by atoms with Crippen molar-refractivity contribution in [3.05, 3.63) is 28.5 Å². The van der Waals surface area contributed by atoms with Gasteiger partial charge in [-0.25, -0.2) is 9.18 Å². The smallest absolute Gasteiger partial charge is 0.328 e. The number of benzene rings is 1. The van der Waals surface area contributed by atoms with Gasteiger partial charge in [0.2, 0.25) is 0 Å². The van der Waals surface area contributed by atoms with Gasteiger partial charge in [-0.2, -0.15) is 0 Å². The first-order valence-corrected chi connectivity index (χ1v) is 6.68. The number of nitrogens with zero attached hydrogens (tertiary/aromatic N) is 1. The van der Waals surface area contributed by atoms with E-state index in [0.29, 0.717) is 13.0 Å². The second-order valence-electron chi connectivity index (χ2n) is 4.41. The van der Waals surface area contributed by atoms with E-state index >= 15 is 0 Å². The van der Waals surface area contributed by atoms with Crippen LogP contribution in [0, 0.1) is 11.2 Å². The van der Waals surface area contributed by atoms with Crippen LogP contribution >= 0.6 is 11.6 Å². The van der Waals surface area contributed by atoms with Crippen molar-refractivity contribution in [1.82, 2.24) is 5.32 Å². The minimum absolute atomic E-state index is 0.00930. The lowest BCUT2D eigenvalue weighted by Crippen LogP contribution is -2.31. The Balaban J connectivity index is 2.71. The maximum absolute atomic E-state index is 13.2. The van der Waals surface area contributed by atoms with Gasteiger partial charge in [-0.3, -0.25) is 10.4 Å². The molecule has 0 radical (unpaired) electrons. The number of carboxylic acid groups (broad SMARTS) is 1. The van der Waals surface area contributed by atoms with Crippen molar-refractivity contribution < 1.29 is 20.8 Å². The molecule has 0 aliphatic carbocycles. The highest BCUT2D eigenvalue weighted by Crippen LogP contribution is 2.27. The number of carbonyl (C=O) groups is 1. The van der Waals surface area contributed by atoms with Crippen molar-refractivity contribution in [2.45, 2.75) is 18.9 Å². The number of phenolic OH excluding ortho intramolecular Hbond substituents is 1. The predicted molar refractivity (Wildman–Crippen MR) is 81.2 cm³/mol. The van der Waals surface area contributed by atoms with Crippen molar-refractivity contribution in [2.75, 3.05) is 6.54 Å². The topological polar surface area (TPSA) is 132 Å². The third kappa shape index (κ3) is 5.57. The summed E-state index contributed by atoms with van der Waals surface area (Å²) in [6.45, 7) is 0.324. The van der Waals surface area contributed by atoms with Crippen LogP contribution in [0.3, 0.4) is 0 Å². The maximum atomic E-state index is 13.2. The van der Waals surface area contributed by atoms with Gasteiger partial charge in [-0.15, -0.1) is 0 Å². The summed E-state index contributed by atoms with van der Waals surface area (Å²) in [5.41, 5.74) is 5.25. The molecule has 0 fully saturated rings. The molecule has 0 bridgehead atoms. The van der Waals surface area contributed by atoms with Crippen LogP contribution in [-0.2, 0) is 4.79 Å². The van der Waals surface area contributed by atoms with Crippen molar-refractivity contribution in [3.63, 3.8) is 0 Å². The number of hydrogen-bond donors (Lipinski definition) is 5. The first kappa shape index (κ1) is 16.0. The normalized spacial score (nSPS) is 13.9. The molecule has 1 aromatic carbocycles. The van der Waals surface area contributed by atoms with Crippen LogP contribution in [-0.4, -0.2) is 40.9 Å². The molecule has 7 nitrogen and oxygen atoms in total. The summed E-state index contributed by atoms with van der Waals surface area (Å²) in [5, 5.41) is 24.2. The molecule has 9 heteroatoms. The van der Waals surface area contributed by atoms with Gasteiger partial charge in [0, 0.05) is 18.3 Å². The summed E-state index contributed by atoms with van der Waals surface area (Å²) in [5.74, 6) is -2.28. The van der Waals surface area contributed by atoms with Crippen molar-refractivity contribution in [2.24, 2.45) is 10.7 Å². The third-order valence-electron chi connectivity index (χ3n) is 2.70. The zero-order valence-electron chi connectivity index (χ0n) is 12.5. The first-order valence-electron chi connectivity index (χ1n) is 6.75. The molecule has 120 valence electrons. The minimum Gasteiger partial charge on any atom is -0.506 e. The number of phenols is 1. The van der Waals surface area contributed by atoms with E-state index in [2.05, 4.69) is 15.7 Å². The van der Waals surface area contributed by atoms with E-state index in [1.165, 1.54) is 0 Å². The SMILES string of the molecule is [H]/N=C(\N)NCCC[C@H](N=Cc1cc(F)cc(Cl)c1O)C(=O)O. The number of carboxylic acids is 1. The van der Waals surface area contributed by atoms with Crippen LogP contribution in [0.4, 0.5) is 4.39 Å². The standard InChI is InChI=1S/C13H16ClFN4O3/c14-9-5-8(15)4-7(11(9)20)6-19-10(12(21)22)2-1-3-18-13(16)17/h4-6,10,20H,1-3H2,(H,21,22)(H4,16,17,18)/t10-/m0/s1. The minimum atomic E-state index is -1.16. The largest absolute Gasteiger partial charge is 0.506 e. The Morgan fingerprint density at radius 3 is 3.05 bits per heavy atom. The van der Waals surface area contributed by atoms with Crippen LogP contribution in [0.1, 0.15) is 18.4 Å².